The standard InChI is InChI=1S/C57H108N8O24S4.C12H26.24CH4/c1-9-58-49(66)82-21-17-74-33-45(78-25-29-86-53(70)62-13-5)37-90-41-57(42-91-38-46(79-26-30-87-54(71)63-14-6)34-75-18-22-83-50(67)59-10-2,43-92-39-47(80-27-31-88-55(72)64-15-7)35-76-19-23-84-51(68)60-11-3)44-93-40-48(81-28-32-89-56(73)65-16-8)36-77-20-24-85-52(69)61-12-4;1-9(2)7-8-12(10(3)4)11(5)6;;;;;;;;;;;;;;;;;;;;;;;;/h45-48H,9-44H2,1-8H3,(H,58,66)(H,59,67)(H,60,68)(H,61,69)(H,62,70)(H,63,71)(H,64,72)(H,65,73);9-12H,7-8H2,1-6H3;24*1H4. The van der Waals surface area contributed by atoms with Gasteiger partial charge in [-0.3, -0.25) is 0 Å². The van der Waals surface area contributed by atoms with Gasteiger partial charge in [-0.25, -0.2) is 38.4 Å². The van der Waals surface area contributed by atoms with Gasteiger partial charge in [0.15, 0.2) is 0 Å². The van der Waals surface area contributed by atoms with Crippen molar-refractivity contribution < 1.29 is 114 Å². The van der Waals surface area contributed by atoms with E-state index in [1.807, 2.05) is 0 Å². The molecule has 0 heterocycles. The zero-order valence-corrected chi connectivity index (χ0v) is 68.7. The Morgan fingerprint density at radius 2 is 0.388 bits per heavy atom. The van der Waals surface area contributed by atoms with Crippen LogP contribution in [0.3, 0.4) is 0 Å². The molecule has 0 rings (SSSR count). The molecule has 0 aliphatic heterocycles. The van der Waals surface area contributed by atoms with Crippen LogP contribution in [0, 0.1) is 29.1 Å². The van der Waals surface area contributed by atoms with Gasteiger partial charge in [0.25, 0.3) is 0 Å². The molecule has 0 spiro atoms. The normalized spacial score (nSPS) is 10.5. The van der Waals surface area contributed by atoms with Crippen molar-refractivity contribution in [1.29, 1.82) is 0 Å². The zero-order chi connectivity index (χ0) is 78.4. The molecule has 0 saturated carbocycles. The van der Waals surface area contributed by atoms with Crippen LogP contribution in [0.25, 0.3) is 0 Å². The molecule has 129 heavy (non-hydrogen) atoms. The summed E-state index contributed by atoms with van der Waals surface area (Å²) in [7, 11) is 0. The lowest BCUT2D eigenvalue weighted by molar-refractivity contribution is -0.0256. The van der Waals surface area contributed by atoms with Gasteiger partial charge >= 0.3 is 48.7 Å². The number of alkyl carbamates (subject to hydrolysis) is 8. The first kappa shape index (κ1) is 196. The summed E-state index contributed by atoms with van der Waals surface area (Å²) >= 11 is 6.43. The molecule has 0 radical (unpaired) electrons. The molecule has 8 amide bonds. The molecule has 810 valence electrons. The third-order valence-electron chi connectivity index (χ3n) is 13.9. The summed E-state index contributed by atoms with van der Waals surface area (Å²) in [5.74, 6) is 7.18. The monoisotopic (exact) mass is 1970 g/mol. The van der Waals surface area contributed by atoms with Gasteiger partial charge in [0.05, 0.1) is 104 Å². The summed E-state index contributed by atoms with van der Waals surface area (Å²) in [6.45, 7) is 32.1. The van der Waals surface area contributed by atoms with Gasteiger partial charge in [-0.05, 0) is 85.5 Å². The molecule has 0 aromatic heterocycles. The number of hydrogen-bond donors (Lipinski definition) is 8. The van der Waals surface area contributed by atoms with Gasteiger partial charge in [-0.2, -0.15) is 47.0 Å². The number of rotatable bonds is 65. The highest BCUT2D eigenvalue weighted by Gasteiger charge is 2.33. The van der Waals surface area contributed by atoms with E-state index in [0.717, 1.165) is 23.7 Å². The van der Waals surface area contributed by atoms with Gasteiger partial charge in [0.2, 0.25) is 0 Å². The quantitative estimate of drug-likeness (QED) is 0.0207. The van der Waals surface area contributed by atoms with Crippen molar-refractivity contribution in [2.45, 2.75) is 312 Å². The van der Waals surface area contributed by atoms with E-state index in [-0.39, 0.29) is 310 Å². The first-order chi connectivity index (χ1) is 50.6. The van der Waals surface area contributed by atoms with Crippen molar-refractivity contribution in [3.8, 4) is 0 Å². The molecule has 0 aliphatic carbocycles. The maximum atomic E-state index is 12.2. The van der Waals surface area contributed by atoms with Crippen molar-refractivity contribution in [1.82, 2.24) is 42.5 Å². The number of ether oxygens (including phenoxy) is 16. The molecule has 32 nitrogen and oxygen atoms in total. The number of amides is 8. The number of carbonyl (C=O) groups is 8. The summed E-state index contributed by atoms with van der Waals surface area (Å²) in [4.78, 5) is 96.7. The third-order valence-corrected chi connectivity index (χ3v) is 19.6. The Hall–Kier alpha value is -4.76. The Bertz CT molecular complexity index is 1910. The van der Waals surface area contributed by atoms with E-state index in [1.54, 1.807) is 102 Å². The Kier molecular flexibility index (Phi) is 210. The lowest BCUT2D eigenvalue weighted by atomic mass is 9.81. The minimum Gasteiger partial charge on any atom is -0.447 e. The van der Waals surface area contributed by atoms with Crippen LogP contribution < -0.4 is 42.5 Å². The molecule has 36 heteroatoms. The van der Waals surface area contributed by atoms with Gasteiger partial charge in [0, 0.05) is 104 Å². The van der Waals surface area contributed by atoms with Crippen LogP contribution in [0.15, 0.2) is 0 Å². The first-order valence-corrected chi connectivity index (χ1v) is 41.5. The molecule has 0 saturated heterocycles. The lowest BCUT2D eigenvalue weighted by Crippen LogP contribution is -2.37. The van der Waals surface area contributed by atoms with Crippen molar-refractivity contribution >= 4 is 95.8 Å². The topological polar surface area (TPSA) is 380 Å². The summed E-state index contributed by atoms with van der Waals surface area (Å²) < 4.78 is 91.1. The van der Waals surface area contributed by atoms with Crippen molar-refractivity contribution in [2.75, 3.05) is 231 Å². The molecule has 0 bridgehead atoms. The van der Waals surface area contributed by atoms with E-state index in [1.165, 1.54) is 12.8 Å². The summed E-state index contributed by atoms with van der Waals surface area (Å²) in [6.07, 6.45) is -3.97. The minimum absolute atomic E-state index is 0. The number of hydrogen-bond acceptors (Lipinski definition) is 28. The van der Waals surface area contributed by atoms with E-state index < -0.39 is 78.6 Å². The molecule has 0 fully saturated rings. The smallest absolute Gasteiger partial charge is 0.407 e. The van der Waals surface area contributed by atoms with Crippen LogP contribution in [0.4, 0.5) is 38.4 Å². The maximum absolute atomic E-state index is 12.2. The summed E-state index contributed by atoms with van der Waals surface area (Å²) in [5, 5.41) is 20.7. The van der Waals surface area contributed by atoms with Crippen molar-refractivity contribution in [2.24, 2.45) is 29.1 Å². The van der Waals surface area contributed by atoms with Crippen LogP contribution in [0.5, 0.6) is 0 Å². The molecule has 8 N–H and O–H groups in total. The Labute approximate surface area is 819 Å². The summed E-state index contributed by atoms with van der Waals surface area (Å²) in [5.41, 5.74) is -0.564. The second-order valence-corrected chi connectivity index (χ2v) is 28.4. The molecule has 0 aromatic carbocycles. The highest BCUT2D eigenvalue weighted by molar-refractivity contribution is 8.02. The van der Waals surface area contributed by atoms with E-state index in [2.05, 4.69) is 84.1 Å². The second-order valence-electron chi connectivity index (χ2n) is 24.3. The fourth-order valence-corrected chi connectivity index (χ4v) is 15.0. The second kappa shape index (κ2) is 139. The molecule has 0 aliphatic rings. The highest BCUT2D eigenvalue weighted by Crippen LogP contribution is 2.37. The van der Waals surface area contributed by atoms with Gasteiger partial charge in [-0.15, -0.1) is 0 Å². The first-order valence-electron chi connectivity index (χ1n) is 36.9. The van der Waals surface area contributed by atoms with Crippen LogP contribution >= 0.6 is 47.0 Å². The molecular weight excluding hydrogens is 1740 g/mol. The van der Waals surface area contributed by atoms with Crippen LogP contribution in [-0.2, 0) is 75.8 Å². The Morgan fingerprint density at radius 1 is 0.233 bits per heavy atom. The predicted octanol–water partition coefficient (Wildman–Crippen LogP) is 24.1. The summed E-state index contributed by atoms with van der Waals surface area (Å²) in [6, 6.07) is 0. The molecular formula is C93H230N8O24S4. The highest BCUT2D eigenvalue weighted by atomic mass is 32.2. The van der Waals surface area contributed by atoms with E-state index in [0.29, 0.717) is 98.4 Å². The fraction of sp³-hybridized carbons (Fsp3) is 0.914. The molecule has 4 unspecified atom stereocenters. The largest absolute Gasteiger partial charge is 0.447 e. The number of nitrogens with one attached hydrogen (secondary N) is 8. The van der Waals surface area contributed by atoms with Gasteiger partial charge < -0.3 is 118 Å². The van der Waals surface area contributed by atoms with Gasteiger partial charge in [-0.1, -0.05) is 226 Å². The minimum atomic E-state index is -0.588. The van der Waals surface area contributed by atoms with Crippen molar-refractivity contribution in [3.63, 3.8) is 0 Å². The van der Waals surface area contributed by atoms with E-state index in [9.17, 15) is 38.4 Å². The average Bonchev–Trinajstić information content (AvgIpc) is 0.858. The fourth-order valence-electron chi connectivity index (χ4n) is 9.01. The lowest BCUT2D eigenvalue weighted by Gasteiger charge is -2.35. The van der Waals surface area contributed by atoms with E-state index in [4.69, 9.17) is 75.8 Å². The van der Waals surface area contributed by atoms with Crippen molar-refractivity contribution in [3.05, 3.63) is 0 Å². The number of thioether (sulfide) groups is 4. The van der Waals surface area contributed by atoms with Crippen LogP contribution in [0.1, 0.15) is 288 Å². The Morgan fingerprint density at radius 3 is 0.527 bits per heavy atom. The van der Waals surface area contributed by atoms with Crippen LogP contribution in [0.2, 0.25) is 0 Å². The van der Waals surface area contributed by atoms with Gasteiger partial charge in [0.1, 0.15) is 52.9 Å². The number of carbonyl (C=O) groups excluding carboxylic acids is 8. The third kappa shape index (κ3) is 125. The molecule has 4 atom stereocenters. The van der Waals surface area contributed by atoms with Crippen LogP contribution in [-0.4, -0.2) is 304 Å². The predicted molar refractivity (Wildman–Crippen MR) is 573 cm³/mol. The molecule has 0 aromatic rings. The SMILES string of the molecule is C.C.C.C.C.C.C.C.C.C.C.C.C.C.C.C.C.C.C.C.C.C.C.C.CC(C)CCC(C(C)C)C(C)C.CCNC(=O)OCCOCC(CSCC(CSCC(COCCOC(=O)NCC)OCCOC(=O)NCC)(CSCC(COCCOC(=O)NCC)OCCOC(=O)NCC)CSCC(COCCOC(=O)NCC)OCCOC(=O)NCC)OCCOC(=O)NCC. The van der Waals surface area contributed by atoms with E-state index >= 15 is 0 Å². The zero-order valence-electron chi connectivity index (χ0n) is 65.4. The maximum Gasteiger partial charge on any atom is 0.407 e. The average molecular weight is 1970 g/mol. The Balaban J connectivity index is -0.000000114.